The molecule has 0 atom stereocenters. The Morgan fingerprint density at radius 3 is 2.94 bits per heavy atom. The molecule has 0 fully saturated rings. The van der Waals surface area contributed by atoms with Gasteiger partial charge in [-0.3, -0.25) is 4.98 Å². The van der Waals surface area contributed by atoms with Crippen LogP contribution in [0.2, 0.25) is 5.02 Å². The lowest BCUT2D eigenvalue weighted by Crippen LogP contribution is -2.24. The molecular formula is C14H18ClN3. The molecule has 0 aliphatic heterocycles. The highest BCUT2D eigenvalue weighted by atomic mass is 35.5. The molecule has 0 radical (unpaired) electrons. The number of hydrogen-bond acceptors (Lipinski definition) is 3. The summed E-state index contributed by atoms with van der Waals surface area (Å²) in [6, 6.07) is 7.80. The predicted molar refractivity (Wildman–Crippen MR) is 78.4 cm³/mol. The van der Waals surface area contributed by atoms with Gasteiger partial charge in [-0.2, -0.15) is 0 Å². The molecule has 0 saturated carbocycles. The Bertz CT molecular complexity index is 527. The summed E-state index contributed by atoms with van der Waals surface area (Å²) >= 11 is 5.97. The van der Waals surface area contributed by atoms with E-state index in [0.717, 1.165) is 41.2 Å². The molecule has 1 N–H and O–H groups in total. The Morgan fingerprint density at radius 1 is 1.33 bits per heavy atom. The normalized spacial score (nSPS) is 11.1. The first-order chi connectivity index (χ1) is 8.70. The zero-order chi connectivity index (χ0) is 13.0. The minimum atomic E-state index is 0.720. The van der Waals surface area contributed by atoms with Crippen LogP contribution in [0.4, 0.5) is 5.69 Å². The number of likely N-dealkylation sites (N-methyl/N-ethyl adjacent to an activating group) is 1. The summed E-state index contributed by atoms with van der Waals surface area (Å²) in [5.41, 5.74) is 2.04. The number of fused-ring (bicyclic) bond motifs is 1. The minimum absolute atomic E-state index is 0.720. The van der Waals surface area contributed by atoms with Crippen molar-refractivity contribution in [3.05, 3.63) is 35.5 Å². The van der Waals surface area contributed by atoms with Gasteiger partial charge < -0.3 is 10.2 Å². The summed E-state index contributed by atoms with van der Waals surface area (Å²) in [5.74, 6) is 0. The molecule has 1 aromatic carbocycles. The van der Waals surface area contributed by atoms with Crippen molar-refractivity contribution >= 4 is 28.2 Å². The molecule has 96 valence electrons. The molecule has 1 aromatic heterocycles. The Hall–Kier alpha value is -1.32. The second kappa shape index (κ2) is 6.03. The number of aromatic nitrogens is 1. The summed E-state index contributed by atoms with van der Waals surface area (Å²) < 4.78 is 0. The fourth-order valence-electron chi connectivity index (χ4n) is 1.81. The first-order valence-electron chi connectivity index (χ1n) is 6.17. The monoisotopic (exact) mass is 263 g/mol. The summed E-state index contributed by atoms with van der Waals surface area (Å²) in [7, 11) is 2.12. The number of pyridine rings is 1. The lowest BCUT2D eigenvalue weighted by atomic mass is 10.2. The standard InChI is InChI=1S/C14H18ClN3/c1-3-18(2)9-8-17-13-6-7-16-14-10-11(15)4-5-12(13)14/h4-7,10H,3,8-9H2,1-2H3,(H,16,17). The van der Waals surface area contributed by atoms with Crippen molar-refractivity contribution in [3.8, 4) is 0 Å². The number of benzene rings is 1. The van der Waals surface area contributed by atoms with E-state index in [9.17, 15) is 0 Å². The summed E-state index contributed by atoms with van der Waals surface area (Å²) in [5, 5.41) is 5.28. The summed E-state index contributed by atoms with van der Waals surface area (Å²) in [6.45, 7) is 5.16. The van der Waals surface area contributed by atoms with Gasteiger partial charge in [-0.1, -0.05) is 18.5 Å². The van der Waals surface area contributed by atoms with Crippen LogP contribution in [0.25, 0.3) is 10.9 Å². The number of hydrogen-bond donors (Lipinski definition) is 1. The second-order valence-electron chi connectivity index (χ2n) is 4.34. The highest BCUT2D eigenvalue weighted by molar-refractivity contribution is 6.31. The highest BCUT2D eigenvalue weighted by Gasteiger charge is 2.02. The maximum absolute atomic E-state index is 5.97. The second-order valence-corrected chi connectivity index (χ2v) is 4.78. The van der Waals surface area contributed by atoms with Crippen molar-refractivity contribution in [2.75, 3.05) is 32.0 Å². The van der Waals surface area contributed by atoms with Gasteiger partial charge in [0.15, 0.2) is 0 Å². The van der Waals surface area contributed by atoms with Gasteiger partial charge in [0.1, 0.15) is 0 Å². The van der Waals surface area contributed by atoms with Crippen molar-refractivity contribution < 1.29 is 0 Å². The van der Waals surface area contributed by atoms with Crippen molar-refractivity contribution in [2.45, 2.75) is 6.92 Å². The van der Waals surface area contributed by atoms with E-state index in [1.807, 2.05) is 30.5 Å². The number of anilines is 1. The van der Waals surface area contributed by atoms with Crippen LogP contribution in [0.5, 0.6) is 0 Å². The van der Waals surface area contributed by atoms with Crippen molar-refractivity contribution in [3.63, 3.8) is 0 Å². The van der Waals surface area contributed by atoms with E-state index in [1.165, 1.54) is 0 Å². The Labute approximate surface area is 113 Å². The van der Waals surface area contributed by atoms with Gasteiger partial charge in [0.25, 0.3) is 0 Å². The van der Waals surface area contributed by atoms with E-state index < -0.39 is 0 Å². The zero-order valence-electron chi connectivity index (χ0n) is 10.8. The van der Waals surface area contributed by atoms with Gasteiger partial charge in [-0.25, -0.2) is 0 Å². The fourth-order valence-corrected chi connectivity index (χ4v) is 1.98. The maximum atomic E-state index is 5.97. The SMILES string of the molecule is CCN(C)CCNc1ccnc2cc(Cl)ccc12. The molecule has 0 spiro atoms. The van der Waals surface area contributed by atoms with Crippen LogP contribution in [-0.2, 0) is 0 Å². The van der Waals surface area contributed by atoms with Crippen LogP contribution in [0.1, 0.15) is 6.92 Å². The number of halogens is 1. The lowest BCUT2D eigenvalue weighted by molar-refractivity contribution is 0.367. The summed E-state index contributed by atoms with van der Waals surface area (Å²) in [4.78, 5) is 6.60. The smallest absolute Gasteiger partial charge is 0.0737 e. The van der Waals surface area contributed by atoms with Crippen LogP contribution >= 0.6 is 11.6 Å². The molecule has 1 heterocycles. The van der Waals surface area contributed by atoms with Crippen molar-refractivity contribution in [2.24, 2.45) is 0 Å². The lowest BCUT2D eigenvalue weighted by Gasteiger charge is -2.15. The molecule has 2 aromatic rings. The van der Waals surface area contributed by atoms with Crippen molar-refractivity contribution in [1.82, 2.24) is 9.88 Å². The van der Waals surface area contributed by atoms with Crippen LogP contribution in [0, 0.1) is 0 Å². The van der Waals surface area contributed by atoms with Crippen LogP contribution in [0.3, 0.4) is 0 Å². The van der Waals surface area contributed by atoms with E-state index in [0.29, 0.717) is 0 Å². The highest BCUT2D eigenvalue weighted by Crippen LogP contribution is 2.24. The predicted octanol–water partition coefficient (Wildman–Crippen LogP) is 3.25. The quantitative estimate of drug-likeness (QED) is 0.898. The molecule has 2 rings (SSSR count). The van der Waals surface area contributed by atoms with Gasteiger partial charge in [0, 0.05) is 35.4 Å². The van der Waals surface area contributed by atoms with E-state index in [2.05, 4.69) is 29.2 Å². The maximum Gasteiger partial charge on any atom is 0.0737 e. The number of nitrogens with zero attached hydrogens (tertiary/aromatic N) is 2. The van der Waals surface area contributed by atoms with Crippen molar-refractivity contribution in [1.29, 1.82) is 0 Å². The molecule has 18 heavy (non-hydrogen) atoms. The van der Waals surface area contributed by atoms with Crippen LogP contribution in [0.15, 0.2) is 30.5 Å². The van der Waals surface area contributed by atoms with Gasteiger partial charge in [-0.05, 0) is 37.9 Å². The van der Waals surface area contributed by atoms with E-state index in [4.69, 9.17) is 11.6 Å². The number of nitrogens with one attached hydrogen (secondary N) is 1. The molecule has 0 saturated heterocycles. The van der Waals surface area contributed by atoms with Gasteiger partial charge in [-0.15, -0.1) is 0 Å². The molecule has 0 aliphatic carbocycles. The number of rotatable bonds is 5. The molecule has 0 aliphatic rings. The van der Waals surface area contributed by atoms with Crippen LogP contribution < -0.4 is 5.32 Å². The van der Waals surface area contributed by atoms with Gasteiger partial charge in [0.2, 0.25) is 0 Å². The minimum Gasteiger partial charge on any atom is -0.383 e. The molecular weight excluding hydrogens is 246 g/mol. The largest absolute Gasteiger partial charge is 0.383 e. The third kappa shape index (κ3) is 3.12. The van der Waals surface area contributed by atoms with E-state index in [1.54, 1.807) is 0 Å². The van der Waals surface area contributed by atoms with Gasteiger partial charge in [0.05, 0.1) is 5.52 Å². The third-order valence-electron chi connectivity index (χ3n) is 3.05. The molecule has 3 nitrogen and oxygen atoms in total. The Balaban J connectivity index is 2.13. The van der Waals surface area contributed by atoms with Gasteiger partial charge >= 0.3 is 0 Å². The molecule has 0 bridgehead atoms. The first kappa shape index (κ1) is 13.1. The molecule has 4 heteroatoms. The molecule has 0 amide bonds. The average Bonchev–Trinajstić information content (AvgIpc) is 2.38. The molecule has 0 unspecified atom stereocenters. The Kier molecular flexibility index (Phi) is 4.39. The third-order valence-corrected chi connectivity index (χ3v) is 3.29. The van der Waals surface area contributed by atoms with E-state index >= 15 is 0 Å². The average molecular weight is 264 g/mol. The first-order valence-corrected chi connectivity index (χ1v) is 6.55. The van der Waals surface area contributed by atoms with Crippen LogP contribution in [-0.4, -0.2) is 36.6 Å². The van der Waals surface area contributed by atoms with E-state index in [-0.39, 0.29) is 0 Å². The Morgan fingerprint density at radius 2 is 2.17 bits per heavy atom. The zero-order valence-corrected chi connectivity index (χ0v) is 11.5. The summed E-state index contributed by atoms with van der Waals surface area (Å²) in [6.07, 6.45) is 1.81. The fraction of sp³-hybridized carbons (Fsp3) is 0.357. The topological polar surface area (TPSA) is 28.2 Å².